The van der Waals surface area contributed by atoms with Gasteiger partial charge in [-0.25, -0.2) is 0 Å². The molecular formula is C22H27NO3. The highest BCUT2D eigenvalue weighted by molar-refractivity contribution is 5.79. The van der Waals surface area contributed by atoms with Crippen molar-refractivity contribution < 1.29 is 14.3 Å². The minimum Gasteiger partial charge on any atom is -0.492 e. The zero-order chi connectivity index (χ0) is 18.2. The van der Waals surface area contributed by atoms with Gasteiger partial charge in [-0.3, -0.25) is 4.79 Å². The third-order valence-corrected chi connectivity index (χ3v) is 4.84. The molecule has 0 aliphatic carbocycles. The molecule has 2 aromatic carbocycles. The number of carbonyl (C=O) groups excluding carboxylic acids is 1. The monoisotopic (exact) mass is 353 g/mol. The molecule has 0 N–H and O–H groups in total. The van der Waals surface area contributed by atoms with Crippen LogP contribution < -0.4 is 4.74 Å². The number of amides is 1. The molecule has 0 saturated heterocycles. The van der Waals surface area contributed by atoms with Gasteiger partial charge in [-0.2, -0.15) is 0 Å². The lowest BCUT2D eigenvalue weighted by molar-refractivity contribution is -0.137. The number of aryl methyl sites for hydroxylation is 1. The number of carbonyl (C=O) groups is 1. The zero-order valence-electron chi connectivity index (χ0n) is 15.4. The number of methoxy groups -OCH3 is 1. The lowest BCUT2D eigenvalue weighted by Gasteiger charge is -2.30. The van der Waals surface area contributed by atoms with Crippen LogP contribution in [0, 0.1) is 5.92 Å². The first kappa shape index (κ1) is 18.5. The van der Waals surface area contributed by atoms with Gasteiger partial charge in [-0.15, -0.1) is 0 Å². The van der Waals surface area contributed by atoms with Crippen molar-refractivity contribution in [3.05, 3.63) is 65.7 Å². The molecule has 0 fully saturated rings. The Morgan fingerprint density at radius 2 is 1.88 bits per heavy atom. The lowest BCUT2D eigenvalue weighted by Crippen LogP contribution is -2.42. The average molecular weight is 353 g/mol. The molecule has 4 heteroatoms. The van der Waals surface area contributed by atoms with Gasteiger partial charge in [0.05, 0.1) is 12.5 Å². The maximum atomic E-state index is 13.0. The quantitative estimate of drug-likeness (QED) is 0.731. The van der Waals surface area contributed by atoms with E-state index in [-0.39, 0.29) is 11.8 Å². The van der Waals surface area contributed by atoms with Crippen LogP contribution in [0.2, 0.25) is 0 Å². The molecule has 138 valence electrons. The summed E-state index contributed by atoms with van der Waals surface area (Å²) in [7, 11) is 1.67. The van der Waals surface area contributed by atoms with Crippen LogP contribution in [0.1, 0.15) is 17.5 Å². The predicted octanol–water partition coefficient (Wildman–Crippen LogP) is 3.35. The third-order valence-electron chi connectivity index (χ3n) is 4.84. The molecule has 2 aromatic rings. The Bertz CT molecular complexity index is 702. The summed E-state index contributed by atoms with van der Waals surface area (Å²) in [5.41, 5.74) is 2.43. The van der Waals surface area contributed by atoms with Gasteiger partial charge in [0.1, 0.15) is 12.4 Å². The number of benzene rings is 2. The van der Waals surface area contributed by atoms with Gasteiger partial charge in [0.2, 0.25) is 5.91 Å². The first-order valence-corrected chi connectivity index (χ1v) is 9.30. The number of nitrogens with zero attached hydrogens (tertiary/aromatic N) is 1. The van der Waals surface area contributed by atoms with E-state index in [1.165, 1.54) is 5.56 Å². The Labute approximate surface area is 155 Å². The first-order valence-electron chi connectivity index (χ1n) is 9.30. The van der Waals surface area contributed by atoms with Crippen LogP contribution in [0.5, 0.6) is 5.75 Å². The van der Waals surface area contributed by atoms with E-state index in [1.807, 2.05) is 35.2 Å². The van der Waals surface area contributed by atoms with Crippen molar-refractivity contribution in [3.63, 3.8) is 0 Å². The van der Waals surface area contributed by atoms with Gasteiger partial charge in [0.25, 0.3) is 0 Å². The fraction of sp³-hybridized carbons (Fsp3) is 0.409. The number of hydrogen-bond donors (Lipinski definition) is 0. The normalized spacial score (nSPS) is 15.8. The van der Waals surface area contributed by atoms with Gasteiger partial charge in [0.15, 0.2) is 0 Å². The SMILES string of the molecule is COCCN(CCCc1ccccc1)C(=O)C1COc2ccccc2C1. The van der Waals surface area contributed by atoms with Gasteiger partial charge in [-0.1, -0.05) is 48.5 Å². The Hall–Kier alpha value is -2.33. The molecule has 1 heterocycles. The summed E-state index contributed by atoms with van der Waals surface area (Å²) in [5, 5.41) is 0. The van der Waals surface area contributed by atoms with E-state index in [2.05, 4.69) is 24.3 Å². The molecule has 1 amide bonds. The molecule has 0 bridgehead atoms. The molecule has 1 atom stereocenters. The number of rotatable bonds is 8. The minimum atomic E-state index is -0.113. The summed E-state index contributed by atoms with van der Waals surface area (Å²) in [6, 6.07) is 18.4. The van der Waals surface area contributed by atoms with E-state index >= 15 is 0 Å². The van der Waals surface area contributed by atoms with Crippen molar-refractivity contribution in [2.75, 3.05) is 33.4 Å². The molecule has 26 heavy (non-hydrogen) atoms. The van der Waals surface area contributed by atoms with E-state index in [0.29, 0.717) is 19.8 Å². The maximum Gasteiger partial charge on any atom is 0.229 e. The van der Waals surface area contributed by atoms with Crippen molar-refractivity contribution in [2.45, 2.75) is 19.3 Å². The summed E-state index contributed by atoms with van der Waals surface area (Å²) in [6.07, 6.45) is 2.67. The zero-order valence-corrected chi connectivity index (χ0v) is 15.4. The second-order valence-electron chi connectivity index (χ2n) is 6.73. The third kappa shape index (κ3) is 4.85. The summed E-state index contributed by atoms with van der Waals surface area (Å²) < 4.78 is 11.0. The minimum absolute atomic E-state index is 0.113. The second kappa shape index (κ2) is 9.39. The van der Waals surface area contributed by atoms with E-state index in [1.54, 1.807) is 7.11 Å². The maximum absolute atomic E-state index is 13.0. The summed E-state index contributed by atoms with van der Waals surface area (Å²) >= 11 is 0. The highest BCUT2D eigenvalue weighted by Crippen LogP contribution is 2.27. The second-order valence-corrected chi connectivity index (χ2v) is 6.73. The smallest absolute Gasteiger partial charge is 0.229 e. The highest BCUT2D eigenvalue weighted by Gasteiger charge is 2.29. The number of hydrogen-bond acceptors (Lipinski definition) is 3. The molecule has 1 aliphatic heterocycles. The van der Waals surface area contributed by atoms with Crippen molar-refractivity contribution in [1.82, 2.24) is 4.90 Å². The van der Waals surface area contributed by atoms with Gasteiger partial charge in [0, 0.05) is 20.2 Å². The van der Waals surface area contributed by atoms with Crippen molar-refractivity contribution >= 4 is 5.91 Å². The van der Waals surface area contributed by atoms with E-state index in [4.69, 9.17) is 9.47 Å². The van der Waals surface area contributed by atoms with Crippen LogP contribution in [0.4, 0.5) is 0 Å². The Balaban J connectivity index is 1.58. The van der Waals surface area contributed by atoms with Crippen LogP contribution >= 0.6 is 0 Å². The first-order chi connectivity index (χ1) is 12.8. The van der Waals surface area contributed by atoms with Crippen LogP contribution in [0.3, 0.4) is 0 Å². The molecule has 1 aliphatic rings. The van der Waals surface area contributed by atoms with E-state index in [0.717, 1.165) is 37.1 Å². The summed E-state index contributed by atoms with van der Waals surface area (Å²) in [6.45, 7) is 2.39. The van der Waals surface area contributed by atoms with Crippen molar-refractivity contribution in [2.24, 2.45) is 5.92 Å². The fourth-order valence-electron chi connectivity index (χ4n) is 3.40. The van der Waals surface area contributed by atoms with Crippen LogP contribution in [0.25, 0.3) is 0 Å². The Morgan fingerprint density at radius 3 is 2.69 bits per heavy atom. The highest BCUT2D eigenvalue weighted by atomic mass is 16.5. The standard InChI is InChI=1S/C22H27NO3/c1-25-15-14-23(13-7-10-18-8-3-2-4-9-18)22(24)20-16-19-11-5-6-12-21(19)26-17-20/h2-6,8-9,11-12,20H,7,10,13-17H2,1H3. The van der Waals surface area contributed by atoms with Crippen LogP contribution in [-0.2, 0) is 22.4 Å². The van der Waals surface area contributed by atoms with Gasteiger partial charge >= 0.3 is 0 Å². The topological polar surface area (TPSA) is 38.8 Å². The molecule has 0 spiro atoms. The molecule has 4 nitrogen and oxygen atoms in total. The molecule has 3 rings (SSSR count). The van der Waals surface area contributed by atoms with Crippen molar-refractivity contribution in [1.29, 1.82) is 0 Å². The van der Waals surface area contributed by atoms with Gasteiger partial charge in [-0.05, 0) is 36.5 Å². The number of para-hydroxylation sites is 1. The number of ether oxygens (including phenoxy) is 2. The van der Waals surface area contributed by atoms with Crippen LogP contribution in [0.15, 0.2) is 54.6 Å². The number of fused-ring (bicyclic) bond motifs is 1. The summed E-state index contributed by atoms with van der Waals surface area (Å²) in [5.74, 6) is 0.965. The molecule has 0 aromatic heterocycles. The van der Waals surface area contributed by atoms with Crippen molar-refractivity contribution in [3.8, 4) is 5.75 Å². The molecule has 0 radical (unpaired) electrons. The fourth-order valence-corrected chi connectivity index (χ4v) is 3.40. The van der Waals surface area contributed by atoms with Gasteiger partial charge < -0.3 is 14.4 Å². The average Bonchev–Trinajstić information content (AvgIpc) is 2.70. The predicted molar refractivity (Wildman–Crippen MR) is 102 cm³/mol. The Morgan fingerprint density at radius 1 is 1.12 bits per heavy atom. The lowest BCUT2D eigenvalue weighted by atomic mass is 9.95. The molecule has 1 unspecified atom stereocenters. The van der Waals surface area contributed by atoms with E-state index in [9.17, 15) is 4.79 Å². The molecular weight excluding hydrogens is 326 g/mol. The largest absolute Gasteiger partial charge is 0.492 e. The molecule has 0 saturated carbocycles. The van der Waals surface area contributed by atoms with Crippen LogP contribution in [-0.4, -0.2) is 44.2 Å². The Kier molecular flexibility index (Phi) is 6.67. The van der Waals surface area contributed by atoms with E-state index < -0.39 is 0 Å². The summed E-state index contributed by atoms with van der Waals surface area (Å²) in [4.78, 5) is 15.0.